The first kappa shape index (κ1) is 12.8. The molecule has 0 N–H and O–H groups in total. The Bertz CT molecular complexity index is 446. The summed E-state index contributed by atoms with van der Waals surface area (Å²) in [6.07, 6.45) is 1.70. The molecule has 0 aliphatic carbocycles. The summed E-state index contributed by atoms with van der Waals surface area (Å²) < 4.78 is 4.92. The zero-order valence-electron chi connectivity index (χ0n) is 9.47. The van der Waals surface area contributed by atoms with E-state index in [0.29, 0.717) is 11.3 Å². The van der Waals surface area contributed by atoms with Gasteiger partial charge in [-0.25, -0.2) is 0 Å². The maximum absolute atomic E-state index is 11.2. The number of hydrogen-bond acceptors (Lipinski definition) is 5. The van der Waals surface area contributed by atoms with Crippen molar-refractivity contribution < 1.29 is 14.3 Å². The molecule has 0 aromatic carbocycles. The largest absolute Gasteiger partial charge is 0.459 e. The van der Waals surface area contributed by atoms with Crippen molar-refractivity contribution in [1.29, 1.82) is 5.26 Å². The fourth-order valence-corrected chi connectivity index (χ4v) is 1.08. The van der Waals surface area contributed by atoms with Gasteiger partial charge in [0.05, 0.1) is 17.7 Å². The van der Waals surface area contributed by atoms with Crippen LogP contribution < -0.4 is 0 Å². The first-order chi connectivity index (χ1) is 8.11. The molecule has 0 amide bonds. The summed E-state index contributed by atoms with van der Waals surface area (Å²) in [4.78, 5) is 25.8. The standard InChI is InChI=1S/C12H12N2O3/c1-9(15)2-5-12(16)17-8-11-4-3-10(6-13)7-14-11/h3-4,7H,2,5,8H2,1H3. The lowest BCUT2D eigenvalue weighted by Crippen LogP contribution is -2.07. The van der Waals surface area contributed by atoms with Crippen LogP contribution in [0.1, 0.15) is 31.0 Å². The molecule has 88 valence electrons. The van der Waals surface area contributed by atoms with Crippen LogP contribution >= 0.6 is 0 Å². The molecule has 1 aromatic heterocycles. The molecule has 0 radical (unpaired) electrons. The highest BCUT2D eigenvalue weighted by atomic mass is 16.5. The van der Waals surface area contributed by atoms with E-state index >= 15 is 0 Å². The van der Waals surface area contributed by atoms with E-state index in [2.05, 4.69) is 4.98 Å². The second-order valence-corrected chi connectivity index (χ2v) is 3.51. The second kappa shape index (κ2) is 6.38. The van der Waals surface area contributed by atoms with E-state index in [1.165, 1.54) is 13.1 Å². The molecule has 0 saturated heterocycles. The fourth-order valence-electron chi connectivity index (χ4n) is 1.08. The number of ether oxygens (including phenoxy) is 1. The van der Waals surface area contributed by atoms with Crippen molar-refractivity contribution in [2.45, 2.75) is 26.4 Å². The molecular formula is C12H12N2O3. The van der Waals surface area contributed by atoms with E-state index in [9.17, 15) is 9.59 Å². The summed E-state index contributed by atoms with van der Waals surface area (Å²) in [5.41, 5.74) is 1.02. The molecule has 0 unspecified atom stereocenters. The van der Waals surface area contributed by atoms with Gasteiger partial charge in [0, 0.05) is 12.6 Å². The summed E-state index contributed by atoms with van der Waals surface area (Å²) >= 11 is 0. The number of rotatable bonds is 5. The molecule has 1 aromatic rings. The summed E-state index contributed by atoms with van der Waals surface area (Å²) in [7, 11) is 0. The third kappa shape index (κ3) is 4.89. The summed E-state index contributed by atoms with van der Waals surface area (Å²) in [5, 5.41) is 8.56. The van der Waals surface area contributed by atoms with Crippen LogP contribution in [-0.2, 0) is 20.9 Å². The first-order valence-electron chi connectivity index (χ1n) is 5.12. The molecule has 0 saturated carbocycles. The van der Waals surface area contributed by atoms with Gasteiger partial charge in [-0.1, -0.05) is 0 Å². The van der Waals surface area contributed by atoms with Crippen LogP contribution in [0.5, 0.6) is 0 Å². The predicted molar refractivity (Wildman–Crippen MR) is 58.7 cm³/mol. The average Bonchev–Trinajstić information content (AvgIpc) is 2.34. The molecule has 0 bridgehead atoms. The topological polar surface area (TPSA) is 80.0 Å². The van der Waals surface area contributed by atoms with Gasteiger partial charge in [0.1, 0.15) is 18.5 Å². The van der Waals surface area contributed by atoms with Gasteiger partial charge in [0.25, 0.3) is 0 Å². The van der Waals surface area contributed by atoms with Crippen molar-refractivity contribution in [2.24, 2.45) is 0 Å². The highest BCUT2D eigenvalue weighted by Gasteiger charge is 2.05. The van der Waals surface area contributed by atoms with E-state index in [1.54, 1.807) is 12.1 Å². The molecule has 0 atom stereocenters. The van der Waals surface area contributed by atoms with Crippen molar-refractivity contribution >= 4 is 11.8 Å². The van der Waals surface area contributed by atoms with Gasteiger partial charge in [-0.15, -0.1) is 0 Å². The van der Waals surface area contributed by atoms with E-state index < -0.39 is 5.97 Å². The number of carbonyl (C=O) groups excluding carboxylic acids is 2. The van der Waals surface area contributed by atoms with E-state index in [1.807, 2.05) is 6.07 Å². The molecular weight excluding hydrogens is 220 g/mol. The third-order valence-corrected chi connectivity index (χ3v) is 2.02. The summed E-state index contributed by atoms with van der Waals surface area (Å²) in [5.74, 6) is -0.468. The Balaban J connectivity index is 2.37. The van der Waals surface area contributed by atoms with Gasteiger partial charge in [-0.2, -0.15) is 5.26 Å². The molecule has 1 heterocycles. The lowest BCUT2D eigenvalue weighted by atomic mass is 10.2. The monoisotopic (exact) mass is 232 g/mol. The Morgan fingerprint density at radius 2 is 2.18 bits per heavy atom. The molecule has 0 aliphatic rings. The zero-order valence-corrected chi connectivity index (χ0v) is 9.47. The number of hydrogen-bond donors (Lipinski definition) is 0. The number of ketones is 1. The molecule has 0 aliphatic heterocycles. The van der Waals surface area contributed by atoms with Crippen LogP contribution in [-0.4, -0.2) is 16.7 Å². The number of aromatic nitrogens is 1. The molecule has 0 spiro atoms. The van der Waals surface area contributed by atoms with Crippen LogP contribution in [0, 0.1) is 11.3 Å². The highest BCUT2D eigenvalue weighted by molar-refractivity contribution is 5.80. The molecule has 1 rings (SSSR count). The van der Waals surface area contributed by atoms with E-state index in [4.69, 9.17) is 10.00 Å². The SMILES string of the molecule is CC(=O)CCC(=O)OCc1ccc(C#N)cn1. The Kier molecular flexibility index (Phi) is 4.82. The van der Waals surface area contributed by atoms with Gasteiger partial charge >= 0.3 is 5.97 Å². The van der Waals surface area contributed by atoms with E-state index in [-0.39, 0.29) is 25.2 Å². The van der Waals surface area contributed by atoms with Crippen molar-refractivity contribution in [3.05, 3.63) is 29.6 Å². The maximum Gasteiger partial charge on any atom is 0.306 e. The fraction of sp³-hybridized carbons (Fsp3) is 0.333. The second-order valence-electron chi connectivity index (χ2n) is 3.51. The number of pyridine rings is 1. The molecule has 5 nitrogen and oxygen atoms in total. The van der Waals surface area contributed by atoms with Crippen molar-refractivity contribution in [2.75, 3.05) is 0 Å². The van der Waals surface area contributed by atoms with E-state index in [0.717, 1.165) is 0 Å². The number of Topliss-reactive ketones (excluding diaryl/α,β-unsaturated/α-hetero) is 1. The number of carbonyl (C=O) groups is 2. The van der Waals surface area contributed by atoms with Crippen molar-refractivity contribution in [3.63, 3.8) is 0 Å². The van der Waals surface area contributed by atoms with Crippen LogP contribution in [0.4, 0.5) is 0 Å². The Labute approximate surface area is 99.0 Å². The third-order valence-electron chi connectivity index (χ3n) is 2.02. The number of nitrogens with zero attached hydrogens (tertiary/aromatic N) is 2. The smallest absolute Gasteiger partial charge is 0.306 e. The van der Waals surface area contributed by atoms with Crippen molar-refractivity contribution in [1.82, 2.24) is 4.98 Å². The first-order valence-corrected chi connectivity index (χ1v) is 5.12. The average molecular weight is 232 g/mol. The minimum atomic E-state index is -0.425. The Morgan fingerprint density at radius 1 is 1.41 bits per heavy atom. The van der Waals surface area contributed by atoms with Crippen LogP contribution in [0.25, 0.3) is 0 Å². The molecule has 5 heteroatoms. The Morgan fingerprint density at radius 3 is 2.71 bits per heavy atom. The highest BCUT2D eigenvalue weighted by Crippen LogP contribution is 2.02. The normalized spacial score (nSPS) is 9.41. The van der Waals surface area contributed by atoms with Gasteiger partial charge in [0.2, 0.25) is 0 Å². The number of esters is 1. The minimum absolute atomic E-state index is 0.0431. The quantitative estimate of drug-likeness (QED) is 0.716. The van der Waals surface area contributed by atoms with Crippen molar-refractivity contribution in [3.8, 4) is 6.07 Å². The maximum atomic E-state index is 11.2. The molecule has 0 fully saturated rings. The van der Waals surface area contributed by atoms with Gasteiger partial charge in [0.15, 0.2) is 0 Å². The lowest BCUT2D eigenvalue weighted by molar-refractivity contribution is -0.146. The number of nitriles is 1. The van der Waals surface area contributed by atoms with Crippen LogP contribution in [0.2, 0.25) is 0 Å². The summed E-state index contributed by atoms with van der Waals surface area (Å²) in [6.45, 7) is 1.48. The predicted octanol–water partition coefficient (Wildman–Crippen LogP) is 1.37. The van der Waals surface area contributed by atoms with Gasteiger partial charge in [-0.3, -0.25) is 9.78 Å². The molecule has 17 heavy (non-hydrogen) atoms. The summed E-state index contributed by atoms with van der Waals surface area (Å²) in [6, 6.07) is 5.17. The minimum Gasteiger partial charge on any atom is -0.459 e. The Hall–Kier alpha value is -2.22. The van der Waals surface area contributed by atoms with Gasteiger partial charge < -0.3 is 9.53 Å². The van der Waals surface area contributed by atoms with Gasteiger partial charge in [-0.05, 0) is 19.1 Å². The van der Waals surface area contributed by atoms with Crippen LogP contribution in [0.15, 0.2) is 18.3 Å². The zero-order chi connectivity index (χ0) is 12.7. The lowest BCUT2D eigenvalue weighted by Gasteiger charge is -2.03. The van der Waals surface area contributed by atoms with Crippen LogP contribution in [0.3, 0.4) is 0 Å².